The van der Waals surface area contributed by atoms with Crippen molar-refractivity contribution < 1.29 is 13.2 Å². The minimum Gasteiger partial charge on any atom is -0.381 e. The van der Waals surface area contributed by atoms with Gasteiger partial charge in [-0.25, -0.2) is 13.4 Å². The van der Waals surface area contributed by atoms with Crippen LogP contribution in [0.3, 0.4) is 0 Å². The number of rotatable bonds is 10. The third-order valence-electron chi connectivity index (χ3n) is 5.70. The Balaban J connectivity index is 1.71. The lowest BCUT2D eigenvalue weighted by atomic mass is 9.94. The standard InChI is InChI=1S/C21H32N4O3S/c1-4-18(28-3)11-8-12-22-20-14-25(13-19(20)17-9-6-5-7-10-17)29(26,27)21-15-24(2)16-23-21/h5-7,9-10,15-16,18-20,22H,4,8,11-14H2,1-3H3. The number of nitrogens with one attached hydrogen (secondary N) is 1. The number of hydrogen-bond acceptors (Lipinski definition) is 5. The number of hydrogen-bond donors (Lipinski definition) is 1. The number of aryl methyl sites for hydroxylation is 1. The Morgan fingerprint density at radius 1 is 1.28 bits per heavy atom. The van der Waals surface area contributed by atoms with Gasteiger partial charge in [-0.3, -0.25) is 0 Å². The normalized spacial score (nSPS) is 21.5. The highest BCUT2D eigenvalue weighted by Gasteiger charge is 2.40. The second-order valence-corrected chi connectivity index (χ2v) is 9.57. The van der Waals surface area contributed by atoms with Crippen LogP contribution in [0.2, 0.25) is 0 Å². The van der Waals surface area contributed by atoms with Gasteiger partial charge in [-0.15, -0.1) is 0 Å². The molecule has 0 spiro atoms. The Hall–Kier alpha value is -1.74. The fourth-order valence-electron chi connectivity index (χ4n) is 3.97. The molecular weight excluding hydrogens is 388 g/mol. The average Bonchev–Trinajstić information content (AvgIpc) is 3.36. The Morgan fingerprint density at radius 3 is 2.66 bits per heavy atom. The topological polar surface area (TPSA) is 76.5 Å². The lowest BCUT2D eigenvalue weighted by Crippen LogP contribution is -2.37. The van der Waals surface area contributed by atoms with Gasteiger partial charge in [0.25, 0.3) is 10.0 Å². The van der Waals surface area contributed by atoms with Crippen molar-refractivity contribution in [2.45, 2.75) is 49.3 Å². The Kier molecular flexibility index (Phi) is 7.45. The van der Waals surface area contributed by atoms with Crippen molar-refractivity contribution in [3.05, 3.63) is 48.4 Å². The molecule has 1 aromatic heterocycles. The molecule has 1 aromatic carbocycles. The molecule has 2 heterocycles. The first-order valence-electron chi connectivity index (χ1n) is 10.2. The van der Waals surface area contributed by atoms with E-state index in [1.807, 2.05) is 18.2 Å². The highest BCUT2D eigenvalue weighted by Crippen LogP contribution is 2.31. The maximum atomic E-state index is 13.1. The molecular formula is C21H32N4O3S. The van der Waals surface area contributed by atoms with Crippen LogP contribution in [-0.4, -0.2) is 61.2 Å². The summed E-state index contributed by atoms with van der Waals surface area (Å²) in [6.45, 7) is 3.87. The van der Waals surface area contributed by atoms with Crippen LogP contribution in [0.4, 0.5) is 0 Å². The zero-order valence-corrected chi connectivity index (χ0v) is 18.3. The summed E-state index contributed by atoms with van der Waals surface area (Å²) < 4.78 is 34.8. The van der Waals surface area contributed by atoms with E-state index < -0.39 is 10.0 Å². The van der Waals surface area contributed by atoms with Gasteiger partial charge < -0.3 is 14.6 Å². The van der Waals surface area contributed by atoms with E-state index in [4.69, 9.17) is 4.74 Å². The van der Waals surface area contributed by atoms with Gasteiger partial charge in [-0.1, -0.05) is 37.3 Å². The third kappa shape index (κ3) is 5.25. The van der Waals surface area contributed by atoms with E-state index in [1.54, 1.807) is 29.2 Å². The first-order valence-corrected chi connectivity index (χ1v) is 11.7. The van der Waals surface area contributed by atoms with Gasteiger partial charge in [-0.2, -0.15) is 4.31 Å². The Morgan fingerprint density at radius 2 is 2.03 bits per heavy atom. The molecule has 0 bridgehead atoms. The molecule has 160 valence electrons. The summed E-state index contributed by atoms with van der Waals surface area (Å²) >= 11 is 0. The molecule has 8 heteroatoms. The minimum absolute atomic E-state index is 0.0681. The summed E-state index contributed by atoms with van der Waals surface area (Å²) in [5.41, 5.74) is 1.16. The van der Waals surface area contributed by atoms with Crippen molar-refractivity contribution in [2.24, 2.45) is 7.05 Å². The second-order valence-electron chi connectivity index (χ2n) is 7.69. The van der Waals surface area contributed by atoms with Crippen LogP contribution in [0, 0.1) is 0 Å². The van der Waals surface area contributed by atoms with Crippen molar-refractivity contribution in [3.8, 4) is 0 Å². The lowest BCUT2D eigenvalue weighted by molar-refractivity contribution is 0.0902. The fourth-order valence-corrected chi connectivity index (χ4v) is 5.43. The summed E-state index contributed by atoms with van der Waals surface area (Å²) in [5, 5.41) is 3.71. The van der Waals surface area contributed by atoms with Gasteiger partial charge in [0.05, 0.1) is 12.4 Å². The monoisotopic (exact) mass is 420 g/mol. The molecule has 1 fully saturated rings. The van der Waals surface area contributed by atoms with Crippen LogP contribution in [0.15, 0.2) is 47.9 Å². The summed E-state index contributed by atoms with van der Waals surface area (Å²) in [4.78, 5) is 4.07. The molecule has 1 N–H and O–H groups in total. The van der Waals surface area contributed by atoms with E-state index in [2.05, 4.69) is 29.4 Å². The molecule has 3 unspecified atom stereocenters. The molecule has 0 aliphatic carbocycles. The van der Waals surface area contributed by atoms with Gasteiger partial charge in [0.2, 0.25) is 0 Å². The molecule has 1 aliphatic rings. The summed E-state index contributed by atoms with van der Waals surface area (Å²) in [6, 6.07) is 10.2. The van der Waals surface area contributed by atoms with Crippen molar-refractivity contribution in [2.75, 3.05) is 26.7 Å². The van der Waals surface area contributed by atoms with Crippen molar-refractivity contribution in [1.82, 2.24) is 19.2 Å². The highest BCUT2D eigenvalue weighted by molar-refractivity contribution is 7.89. The van der Waals surface area contributed by atoms with Crippen molar-refractivity contribution in [3.63, 3.8) is 0 Å². The summed E-state index contributed by atoms with van der Waals surface area (Å²) in [5.74, 6) is 0.110. The molecule has 29 heavy (non-hydrogen) atoms. The first kappa shape index (κ1) is 22.0. The fraction of sp³-hybridized carbons (Fsp3) is 0.571. The van der Waals surface area contributed by atoms with Crippen LogP contribution in [-0.2, 0) is 21.8 Å². The lowest BCUT2D eigenvalue weighted by Gasteiger charge is -2.21. The van der Waals surface area contributed by atoms with E-state index in [-0.39, 0.29) is 23.1 Å². The number of benzene rings is 1. The quantitative estimate of drug-likeness (QED) is 0.597. The Bertz CT molecular complexity index is 865. The van der Waals surface area contributed by atoms with Crippen molar-refractivity contribution >= 4 is 10.0 Å². The largest absolute Gasteiger partial charge is 0.381 e. The predicted octanol–water partition coefficient (Wildman–Crippen LogP) is 2.37. The maximum absolute atomic E-state index is 13.1. The van der Waals surface area contributed by atoms with Crippen molar-refractivity contribution in [1.29, 1.82) is 0 Å². The van der Waals surface area contributed by atoms with Crippen LogP contribution in [0.5, 0.6) is 0 Å². The van der Waals surface area contributed by atoms with Crippen LogP contribution >= 0.6 is 0 Å². The number of aromatic nitrogens is 2. The minimum atomic E-state index is -3.60. The molecule has 1 aliphatic heterocycles. The summed E-state index contributed by atoms with van der Waals surface area (Å²) in [7, 11) is -0.0734. The molecule has 7 nitrogen and oxygen atoms in total. The number of imidazole rings is 1. The van der Waals surface area contributed by atoms with E-state index >= 15 is 0 Å². The van der Waals surface area contributed by atoms with Gasteiger partial charge in [0, 0.05) is 45.4 Å². The van der Waals surface area contributed by atoms with Gasteiger partial charge in [0.15, 0.2) is 5.03 Å². The molecule has 1 saturated heterocycles. The number of sulfonamides is 1. The summed E-state index contributed by atoms with van der Waals surface area (Å²) in [6.07, 6.45) is 6.36. The third-order valence-corrected chi connectivity index (χ3v) is 7.41. The molecule has 2 aromatic rings. The number of methoxy groups -OCH3 is 1. The number of ether oxygens (including phenoxy) is 1. The molecule has 0 radical (unpaired) electrons. The second kappa shape index (κ2) is 9.84. The van der Waals surface area contributed by atoms with Gasteiger partial charge >= 0.3 is 0 Å². The van der Waals surface area contributed by atoms with E-state index in [0.29, 0.717) is 13.1 Å². The smallest absolute Gasteiger partial charge is 0.262 e. The van der Waals surface area contributed by atoms with Crippen LogP contribution in [0.25, 0.3) is 0 Å². The van der Waals surface area contributed by atoms with E-state index in [9.17, 15) is 8.42 Å². The van der Waals surface area contributed by atoms with Crippen LogP contribution in [0.1, 0.15) is 37.7 Å². The van der Waals surface area contributed by atoms with E-state index in [1.165, 1.54) is 6.33 Å². The first-order chi connectivity index (χ1) is 14.0. The van der Waals surface area contributed by atoms with E-state index in [0.717, 1.165) is 31.4 Å². The molecule has 3 atom stereocenters. The molecule has 0 saturated carbocycles. The zero-order valence-electron chi connectivity index (χ0n) is 17.5. The molecule has 0 amide bonds. The average molecular weight is 421 g/mol. The number of nitrogens with zero attached hydrogens (tertiary/aromatic N) is 3. The van der Waals surface area contributed by atoms with Gasteiger partial charge in [0.1, 0.15) is 0 Å². The maximum Gasteiger partial charge on any atom is 0.262 e. The van der Waals surface area contributed by atoms with Crippen LogP contribution < -0.4 is 5.32 Å². The predicted molar refractivity (Wildman–Crippen MR) is 113 cm³/mol. The molecule has 3 rings (SSSR count). The van der Waals surface area contributed by atoms with Gasteiger partial charge in [-0.05, 0) is 31.4 Å². The Labute approximate surface area is 174 Å². The highest BCUT2D eigenvalue weighted by atomic mass is 32.2. The SMILES string of the molecule is CCC(CCCNC1CN(S(=O)(=O)c2cn(C)cn2)CC1c1ccccc1)OC. The zero-order chi connectivity index (χ0) is 20.9.